The van der Waals surface area contributed by atoms with Crippen molar-refractivity contribution < 1.29 is 4.74 Å². The molecular formula is C24H31ClN6O. The molecule has 3 heterocycles. The molecule has 3 N–H and O–H groups in total. The van der Waals surface area contributed by atoms with E-state index in [1.165, 1.54) is 0 Å². The Kier molecular flexibility index (Phi) is 7.27. The zero-order valence-corrected chi connectivity index (χ0v) is 20.4. The van der Waals surface area contributed by atoms with Crippen LogP contribution in [0, 0.1) is 25.7 Å². The van der Waals surface area contributed by atoms with E-state index in [2.05, 4.69) is 52.9 Å². The van der Waals surface area contributed by atoms with Gasteiger partial charge >= 0.3 is 0 Å². The van der Waals surface area contributed by atoms with Gasteiger partial charge in [0.15, 0.2) is 0 Å². The standard InChI is InChI=1S/C24H31ClN6O/c1-15-12-27-18(16(2)20(15)32-6)14-31-13-17(10-8-7-9-11-28-24(3,4)5)19-21(25)29-23(26)30-22(19)31/h12-13,28H,7,9,11,14H2,1-6H3,(H2,26,29,30). The van der Waals surface area contributed by atoms with Crippen LogP contribution in [-0.2, 0) is 6.54 Å². The number of halogens is 1. The number of nitrogens with two attached hydrogens (primary N) is 1. The van der Waals surface area contributed by atoms with Crippen molar-refractivity contribution in [3.05, 3.63) is 39.9 Å². The highest BCUT2D eigenvalue weighted by atomic mass is 35.5. The Morgan fingerprint density at radius 2 is 2.00 bits per heavy atom. The number of nitrogens with one attached hydrogen (secondary N) is 1. The number of nitrogen functional groups attached to an aromatic ring is 1. The second-order valence-electron chi connectivity index (χ2n) is 8.87. The third kappa shape index (κ3) is 5.50. The molecule has 32 heavy (non-hydrogen) atoms. The number of rotatable bonds is 6. The first-order chi connectivity index (χ1) is 15.1. The van der Waals surface area contributed by atoms with Crippen LogP contribution in [0.3, 0.4) is 0 Å². The Labute approximate surface area is 194 Å². The Hall–Kier alpha value is -2.82. The minimum Gasteiger partial charge on any atom is -0.496 e. The summed E-state index contributed by atoms with van der Waals surface area (Å²) in [7, 11) is 1.67. The largest absolute Gasteiger partial charge is 0.496 e. The maximum absolute atomic E-state index is 6.44. The summed E-state index contributed by atoms with van der Waals surface area (Å²) < 4.78 is 7.51. The minimum absolute atomic E-state index is 0.108. The second-order valence-corrected chi connectivity index (χ2v) is 9.23. The number of aryl methyl sites for hydroxylation is 1. The minimum atomic E-state index is 0.108. The molecule has 0 aliphatic carbocycles. The highest BCUT2D eigenvalue weighted by Gasteiger charge is 2.17. The maximum atomic E-state index is 6.44. The van der Waals surface area contributed by atoms with Gasteiger partial charge < -0.3 is 20.4 Å². The lowest BCUT2D eigenvalue weighted by Crippen LogP contribution is -2.36. The van der Waals surface area contributed by atoms with Crippen molar-refractivity contribution >= 4 is 28.6 Å². The molecule has 0 amide bonds. The number of anilines is 1. The molecule has 0 spiro atoms. The van der Waals surface area contributed by atoms with Gasteiger partial charge in [-0.15, -0.1) is 0 Å². The molecule has 8 heteroatoms. The highest BCUT2D eigenvalue weighted by Crippen LogP contribution is 2.29. The van der Waals surface area contributed by atoms with Crippen LogP contribution in [0.2, 0.25) is 5.15 Å². The van der Waals surface area contributed by atoms with Gasteiger partial charge in [0.1, 0.15) is 16.5 Å². The predicted octanol–water partition coefficient (Wildman–Crippen LogP) is 4.26. The third-order valence-electron chi connectivity index (χ3n) is 5.12. The number of pyridine rings is 1. The maximum Gasteiger partial charge on any atom is 0.223 e. The molecular weight excluding hydrogens is 424 g/mol. The quantitative estimate of drug-likeness (QED) is 0.328. The number of hydrogen-bond acceptors (Lipinski definition) is 6. The van der Waals surface area contributed by atoms with E-state index >= 15 is 0 Å². The molecule has 0 aliphatic heterocycles. The van der Waals surface area contributed by atoms with Crippen molar-refractivity contribution in [2.24, 2.45) is 0 Å². The van der Waals surface area contributed by atoms with E-state index in [0.717, 1.165) is 47.5 Å². The molecule has 7 nitrogen and oxygen atoms in total. The molecule has 3 rings (SSSR count). The fourth-order valence-corrected chi connectivity index (χ4v) is 3.84. The fourth-order valence-electron chi connectivity index (χ4n) is 3.56. The first kappa shape index (κ1) is 23.8. The molecule has 0 fully saturated rings. The molecule has 170 valence electrons. The Bertz CT molecular complexity index is 1180. The van der Waals surface area contributed by atoms with Crippen molar-refractivity contribution in [1.29, 1.82) is 0 Å². The van der Waals surface area contributed by atoms with Gasteiger partial charge in [-0.3, -0.25) is 4.98 Å². The SMILES string of the molecule is COc1c(C)cnc(Cn2cc(C#CCCCNC(C)(C)C)c3c(Cl)nc(N)nc32)c1C. The van der Waals surface area contributed by atoms with E-state index < -0.39 is 0 Å². The number of nitrogens with zero attached hydrogens (tertiary/aromatic N) is 4. The summed E-state index contributed by atoms with van der Waals surface area (Å²) in [5.74, 6) is 7.46. The number of unbranched alkanes of at least 4 members (excludes halogenated alkanes) is 1. The molecule has 0 radical (unpaired) electrons. The topological polar surface area (TPSA) is 90.9 Å². The van der Waals surface area contributed by atoms with E-state index in [4.69, 9.17) is 22.1 Å². The molecule has 0 aliphatic rings. The van der Waals surface area contributed by atoms with Gasteiger partial charge in [0.05, 0.1) is 30.3 Å². The lowest BCUT2D eigenvalue weighted by Gasteiger charge is -2.19. The van der Waals surface area contributed by atoms with Gasteiger partial charge in [-0.1, -0.05) is 23.4 Å². The Morgan fingerprint density at radius 3 is 2.69 bits per heavy atom. The number of hydrogen-bond donors (Lipinski definition) is 2. The Balaban J connectivity index is 1.92. The smallest absolute Gasteiger partial charge is 0.223 e. The van der Waals surface area contributed by atoms with Gasteiger partial charge in [0.25, 0.3) is 0 Å². The molecule has 0 saturated carbocycles. The van der Waals surface area contributed by atoms with Crippen LogP contribution in [0.15, 0.2) is 12.4 Å². The summed E-state index contributed by atoms with van der Waals surface area (Å²) in [6, 6.07) is 0. The zero-order valence-electron chi connectivity index (χ0n) is 19.6. The average molecular weight is 455 g/mol. The first-order valence-corrected chi connectivity index (χ1v) is 11.0. The van der Waals surface area contributed by atoms with E-state index in [1.54, 1.807) is 7.11 Å². The normalized spacial score (nSPS) is 11.5. The highest BCUT2D eigenvalue weighted by molar-refractivity contribution is 6.34. The van der Waals surface area contributed by atoms with Gasteiger partial charge in [0.2, 0.25) is 5.95 Å². The number of ether oxygens (including phenoxy) is 1. The number of methoxy groups -OCH3 is 1. The first-order valence-electron chi connectivity index (χ1n) is 10.7. The summed E-state index contributed by atoms with van der Waals surface area (Å²) in [5.41, 5.74) is 10.3. The lowest BCUT2D eigenvalue weighted by atomic mass is 10.1. The van der Waals surface area contributed by atoms with Crippen LogP contribution in [0.5, 0.6) is 5.75 Å². The molecule has 0 atom stereocenters. The summed E-state index contributed by atoms with van der Waals surface area (Å²) in [5, 5.41) is 4.48. The Morgan fingerprint density at radius 1 is 1.25 bits per heavy atom. The number of aromatic nitrogens is 4. The van der Waals surface area contributed by atoms with Crippen LogP contribution in [0.25, 0.3) is 11.0 Å². The molecule has 0 saturated heterocycles. The predicted molar refractivity (Wildman–Crippen MR) is 130 cm³/mol. The average Bonchev–Trinajstić information content (AvgIpc) is 3.04. The number of fused-ring (bicyclic) bond motifs is 1. The van der Waals surface area contributed by atoms with E-state index in [1.807, 2.05) is 30.8 Å². The van der Waals surface area contributed by atoms with Crippen LogP contribution in [0.4, 0.5) is 5.95 Å². The summed E-state index contributed by atoms with van der Waals surface area (Å²) in [6.45, 7) is 11.8. The second kappa shape index (κ2) is 9.76. The van der Waals surface area contributed by atoms with E-state index in [9.17, 15) is 0 Å². The van der Waals surface area contributed by atoms with Crippen molar-refractivity contribution in [1.82, 2.24) is 24.8 Å². The summed E-state index contributed by atoms with van der Waals surface area (Å²) >= 11 is 6.44. The molecule has 0 bridgehead atoms. The molecule has 3 aromatic heterocycles. The monoisotopic (exact) mass is 454 g/mol. The van der Waals surface area contributed by atoms with Crippen molar-refractivity contribution in [2.45, 2.75) is 59.5 Å². The van der Waals surface area contributed by atoms with E-state index in [-0.39, 0.29) is 11.5 Å². The summed E-state index contributed by atoms with van der Waals surface area (Å²) in [6.07, 6.45) is 5.50. The van der Waals surface area contributed by atoms with Gasteiger partial charge in [0, 0.05) is 35.5 Å². The van der Waals surface area contributed by atoms with Crippen LogP contribution in [0.1, 0.15) is 56.0 Å². The van der Waals surface area contributed by atoms with Gasteiger partial charge in [-0.2, -0.15) is 4.98 Å². The van der Waals surface area contributed by atoms with Crippen LogP contribution in [-0.4, -0.2) is 38.7 Å². The van der Waals surface area contributed by atoms with E-state index in [0.29, 0.717) is 22.7 Å². The van der Waals surface area contributed by atoms with Gasteiger partial charge in [-0.05, 0) is 47.6 Å². The van der Waals surface area contributed by atoms with Crippen molar-refractivity contribution in [3.8, 4) is 17.6 Å². The fraction of sp³-hybridized carbons (Fsp3) is 0.458. The molecule has 3 aromatic rings. The molecule has 0 aromatic carbocycles. The van der Waals surface area contributed by atoms with Crippen molar-refractivity contribution in [3.63, 3.8) is 0 Å². The van der Waals surface area contributed by atoms with Gasteiger partial charge in [-0.25, -0.2) is 4.98 Å². The summed E-state index contributed by atoms with van der Waals surface area (Å²) in [4.78, 5) is 13.2. The van der Waals surface area contributed by atoms with Crippen LogP contribution < -0.4 is 15.8 Å². The molecule has 0 unspecified atom stereocenters. The zero-order chi connectivity index (χ0) is 23.5. The van der Waals surface area contributed by atoms with Crippen LogP contribution >= 0.6 is 11.6 Å². The lowest BCUT2D eigenvalue weighted by molar-refractivity contribution is 0.406. The van der Waals surface area contributed by atoms with Crippen molar-refractivity contribution in [2.75, 3.05) is 19.4 Å². The third-order valence-corrected chi connectivity index (χ3v) is 5.39.